The van der Waals surface area contributed by atoms with E-state index < -0.39 is 5.82 Å². The largest absolute Gasteiger partial charge is 0.365 e. The van der Waals surface area contributed by atoms with E-state index >= 15 is 0 Å². The van der Waals surface area contributed by atoms with Gasteiger partial charge in [-0.2, -0.15) is 0 Å². The van der Waals surface area contributed by atoms with Crippen LogP contribution < -0.4 is 15.5 Å². The van der Waals surface area contributed by atoms with Gasteiger partial charge in [0.2, 0.25) is 0 Å². The second kappa shape index (κ2) is 9.31. The molecule has 0 radical (unpaired) electrons. The quantitative estimate of drug-likeness (QED) is 0.608. The molecule has 4 rings (SSSR count). The average molecular weight is 440 g/mol. The molecule has 0 spiro atoms. The van der Waals surface area contributed by atoms with Gasteiger partial charge in [0, 0.05) is 26.2 Å². The molecule has 1 aromatic heterocycles. The Balaban J connectivity index is 1.50. The Bertz CT molecular complexity index is 1090. The van der Waals surface area contributed by atoms with Crippen molar-refractivity contribution in [1.82, 2.24) is 15.5 Å². The lowest BCUT2D eigenvalue weighted by atomic mass is 10.1. The Hall–Kier alpha value is -3.19. The van der Waals surface area contributed by atoms with E-state index in [1.807, 2.05) is 42.2 Å². The van der Waals surface area contributed by atoms with Gasteiger partial charge in [-0.25, -0.2) is 4.39 Å². The summed E-state index contributed by atoms with van der Waals surface area (Å²) in [5.74, 6) is -0.127. The first-order chi connectivity index (χ1) is 15.0. The van der Waals surface area contributed by atoms with Crippen LogP contribution in [0.4, 0.5) is 15.9 Å². The number of fused-ring (bicyclic) bond motifs is 1. The number of carbonyl (C=O) groups is 1. The number of nitrogens with zero attached hydrogens (tertiary/aromatic N) is 3. The maximum atomic E-state index is 14.0. The minimum Gasteiger partial charge on any atom is -0.365 e. The van der Waals surface area contributed by atoms with Crippen molar-refractivity contribution >= 4 is 29.0 Å². The Morgan fingerprint density at radius 3 is 2.84 bits per heavy atom. The number of aryl methyl sites for hydroxylation is 1. The van der Waals surface area contributed by atoms with Crippen molar-refractivity contribution < 1.29 is 9.18 Å². The third kappa shape index (κ3) is 4.77. The fourth-order valence-corrected chi connectivity index (χ4v) is 3.86. The maximum Gasteiger partial charge on any atom is 0.271 e. The smallest absolute Gasteiger partial charge is 0.271 e. The summed E-state index contributed by atoms with van der Waals surface area (Å²) < 4.78 is 14.0. The Labute approximate surface area is 185 Å². The molecule has 1 aliphatic heterocycles. The molecule has 0 aliphatic carbocycles. The van der Waals surface area contributed by atoms with Crippen molar-refractivity contribution in [3.63, 3.8) is 0 Å². The van der Waals surface area contributed by atoms with Crippen molar-refractivity contribution in [1.29, 1.82) is 0 Å². The third-order valence-corrected chi connectivity index (χ3v) is 5.75. The van der Waals surface area contributed by atoms with Crippen LogP contribution in [0, 0.1) is 12.7 Å². The summed E-state index contributed by atoms with van der Waals surface area (Å²) in [5, 5.41) is 14.5. The number of nitrogens with one attached hydrogen (secondary N) is 2. The van der Waals surface area contributed by atoms with Gasteiger partial charge in [-0.15, -0.1) is 10.2 Å². The summed E-state index contributed by atoms with van der Waals surface area (Å²) in [6, 6.07) is 14.8. The van der Waals surface area contributed by atoms with Crippen LogP contribution in [0.5, 0.6) is 0 Å². The highest BCUT2D eigenvalue weighted by molar-refractivity contribution is 6.31. The maximum absolute atomic E-state index is 14.0. The molecule has 0 atom stereocenters. The number of aromatic nitrogens is 2. The van der Waals surface area contributed by atoms with Crippen LogP contribution in [0.2, 0.25) is 5.02 Å². The van der Waals surface area contributed by atoms with Gasteiger partial charge in [0.05, 0.1) is 10.7 Å². The lowest BCUT2D eigenvalue weighted by Gasteiger charge is -2.31. The van der Waals surface area contributed by atoms with E-state index in [-0.39, 0.29) is 16.6 Å². The molecule has 1 aliphatic rings. The monoisotopic (exact) mass is 439 g/mol. The van der Waals surface area contributed by atoms with Gasteiger partial charge in [0.25, 0.3) is 5.91 Å². The second-order valence-electron chi connectivity index (χ2n) is 7.46. The van der Waals surface area contributed by atoms with Crippen LogP contribution in [0.15, 0.2) is 48.5 Å². The second-order valence-corrected chi connectivity index (χ2v) is 7.84. The third-order valence-electron chi connectivity index (χ3n) is 5.34. The van der Waals surface area contributed by atoms with Gasteiger partial charge in [0.1, 0.15) is 5.82 Å². The fourth-order valence-electron chi connectivity index (χ4n) is 3.58. The van der Waals surface area contributed by atoms with E-state index in [1.165, 1.54) is 6.07 Å². The highest BCUT2D eigenvalue weighted by Gasteiger charge is 2.23. The molecule has 2 heterocycles. The normalized spacial score (nSPS) is 12.8. The van der Waals surface area contributed by atoms with Crippen molar-refractivity contribution in [2.45, 2.75) is 19.9 Å². The molecule has 2 N–H and O–H groups in total. The zero-order valence-electron chi connectivity index (χ0n) is 17.2. The molecule has 0 saturated heterocycles. The first kappa shape index (κ1) is 21.1. The molecule has 2 aromatic carbocycles. The van der Waals surface area contributed by atoms with Gasteiger partial charge in [0.15, 0.2) is 11.5 Å². The van der Waals surface area contributed by atoms with E-state index in [0.717, 1.165) is 28.8 Å². The minimum atomic E-state index is -0.441. The highest BCUT2D eigenvalue weighted by atomic mass is 35.5. The predicted molar refractivity (Wildman–Crippen MR) is 120 cm³/mol. The zero-order valence-corrected chi connectivity index (χ0v) is 17.9. The number of anilines is 2. The molecular weight excluding hydrogens is 417 g/mol. The number of carbonyl (C=O) groups excluding carboxylic acids is 1. The molecular formula is C23H23ClFN5O. The first-order valence-electron chi connectivity index (χ1n) is 10.1. The highest BCUT2D eigenvalue weighted by Crippen LogP contribution is 2.31. The van der Waals surface area contributed by atoms with Gasteiger partial charge < -0.3 is 15.5 Å². The zero-order chi connectivity index (χ0) is 21.8. The Kier molecular flexibility index (Phi) is 6.32. The molecule has 3 aromatic rings. The summed E-state index contributed by atoms with van der Waals surface area (Å²) in [6.45, 7) is 4.15. The van der Waals surface area contributed by atoms with Gasteiger partial charge in [-0.05, 0) is 42.2 Å². The number of amides is 1. The van der Waals surface area contributed by atoms with Crippen LogP contribution >= 0.6 is 11.6 Å². The first-order valence-corrected chi connectivity index (χ1v) is 10.5. The minimum absolute atomic E-state index is 0.126. The molecule has 1 amide bonds. The fraction of sp³-hybridized carbons (Fsp3) is 0.261. The summed E-state index contributed by atoms with van der Waals surface area (Å²) >= 11 is 6.22. The number of hydrogen-bond acceptors (Lipinski definition) is 5. The van der Waals surface area contributed by atoms with E-state index in [4.69, 9.17) is 11.6 Å². The molecule has 31 heavy (non-hydrogen) atoms. The van der Waals surface area contributed by atoms with Gasteiger partial charge in [-0.1, -0.05) is 48.0 Å². The molecule has 0 bridgehead atoms. The molecule has 160 valence electrons. The Morgan fingerprint density at radius 1 is 1.23 bits per heavy atom. The van der Waals surface area contributed by atoms with E-state index in [2.05, 4.69) is 20.8 Å². The number of benzene rings is 2. The molecule has 0 unspecified atom stereocenters. The summed E-state index contributed by atoms with van der Waals surface area (Å²) in [4.78, 5) is 14.7. The number of hydrogen-bond donors (Lipinski definition) is 2. The van der Waals surface area contributed by atoms with Crippen molar-refractivity contribution in [2.75, 3.05) is 29.9 Å². The summed E-state index contributed by atoms with van der Waals surface area (Å²) in [5.41, 5.74) is 3.77. The van der Waals surface area contributed by atoms with E-state index in [9.17, 15) is 9.18 Å². The molecule has 0 fully saturated rings. The van der Waals surface area contributed by atoms with Crippen molar-refractivity contribution in [3.8, 4) is 0 Å². The lowest BCUT2D eigenvalue weighted by molar-refractivity contribution is 0.0948. The molecule has 6 nitrogen and oxygen atoms in total. The van der Waals surface area contributed by atoms with Crippen LogP contribution in [-0.4, -0.2) is 35.7 Å². The standard InChI is InChI=1S/C23H23ClFN5O/c1-15-7-8-18(25)21(24)17(15)14-30-12-11-26-22-20(30)13-19(28-29-22)23(31)27-10-9-16-5-3-2-4-6-16/h2-8,13H,9-12,14H2,1H3,(H,26,29)(H,27,31). The van der Waals surface area contributed by atoms with Crippen LogP contribution in [0.1, 0.15) is 27.2 Å². The van der Waals surface area contributed by atoms with Crippen LogP contribution in [0.3, 0.4) is 0 Å². The molecule has 8 heteroatoms. The van der Waals surface area contributed by atoms with Crippen molar-refractivity contribution in [2.24, 2.45) is 0 Å². The predicted octanol–water partition coefficient (Wildman–Crippen LogP) is 3.98. The van der Waals surface area contributed by atoms with Gasteiger partial charge in [-0.3, -0.25) is 4.79 Å². The number of rotatable bonds is 6. The number of halogens is 2. The summed E-state index contributed by atoms with van der Waals surface area (Å²) in [7, 11) is 0. The van der Waals surface area contributed by atoms with Gasteiger partial charge >= 0.3 is 0 Å². The summed E-state index contributed by atoms with van der Waals surface area (Å²) in [6.07, 6.45) is 0.732. The van der Waals surface area contributed by atoms with E-state index in [1.54, 1.807) is 12.1 Å². The van der Waals surface area contributed by atoms with Crippen molar-refractivity contribution in [3.05, 3.63) is 81.8 Å². The average Bonchev–Trinajstić information content (AvgIpc) is 2.79. The Morgan fingerprint density at radius 2 is 2.03 bits per heavy atom. The SMILES string of the molecule is Cc1ccc(F)c(Cl)c1CN1CCNc2nnc(C(=O)NCCc3ccccc3)cc21. The van der Waals surface area contributed by atoms with Crippen LogP contribution in [0.25, 0.3) is 0 Å². The molecule has 0 saturated carbocycles. The van der Waals surface area contributed by atoms with Crippen LogP contribution in [-0.2, 0) is 13.0 Å². The lowest BCUT2D eigenvalue weighted by Crippen LogP contribution is -2.35. The topological polar surface area (TPSA) is 70.1 Å². The van der Waals surface area contributed by atoms with E-state index in [0.29, 0.717) is 32.0 Å².